The molecule has 0 radical (unpaired) electrons. The van der Waals surface area contributed by atoms with Gasteiger partial charge in [-0.25, -0.2) is 17.4 Å². The fourth-order valence-corrected chi connectivity index (χ4v) is 7.20. The van der Waals surface area contributed by atoms with Gasteiger partial charge < -0.3 is 4.90 Å². The number of nitrogens with zero attached hydrogens (tertiary/aromatic N) is 4. The summed E-state index contributed by atoms with van der Waals surface area (Å²) in [7, 11) is -1.59. The van der Waals surface area contributed by atoms with Crippen molar-refractivity contribution >= 4 is 53.8 Å². The number of rotatable bonds is 4. The van der Waals surface area contributed by atoms with Gasteiger partial charge in [0.05, 0.1) is 16.0 Å². The van der Waals surface area contributed by atoms with Gasteiger partial charge in [-0.05, 0) is 67.1 Å². The molecule has 0 N–H and O–H groups in total. The summed E-state index contributed by atoms with van der Waals surface area (Å²) in [6, 6.07) is 10.4. The van der Waals surface area contributed by atoms with E-state index in [0.717, 1.165) is 47.1 Å². The van der Waals surface area contributed by atoms with Crippen LogP contribution in [0.15, 0.2) is 63.2 Å². The molecule has 3 aromatic rings. The fourth-order valence-electron chi connectivity index (χ4n) is 4.26. The van der Waals surface area contributed by atoms with Crippen LogP contribution in [0.25, 0.3) is 11.0 Å². The first kappa shape index (κ1) is 21.2. The largest absolute Gasteiger partial charge is 0.306 e. The van der Waals surface area contributed by atoms with Crippen LogP contribution in [0, 0.1) is 5.92 Å². The first-order chi connectivity index (χ1) is 14.9. The molecule has 2 aliphatic rings. The Morgan fingerprint density at radius 1 is 1.16 bits per heavy atom. The summed E-state index contributed by atoms with van der Waals surface area (Å²) in [6.07, 6.45) is 5.62. The summed E-state index contributed by atoms with van der Waals surface area (Å²) in [5, 5.41) is 2.04. The number of aliphatic imine (C=N–C) groups is 1. The third-order valence-corrected chi connectivity index (χ3v) is 9.32. The Hall–Kier alpha value is -1.68. The minimum Gasteiger partial charge on any atom is -0.306 e. The second-order valence-corrected chi connectivity index (χ2v) is 11.9. The van der Waals surface area contributed by atoms with Crippen molar-refractivity contribution < 1.29 is 8.42 Å². The molecule has 0 spiro atoms. The van der Waals surface area contributed by atoms with Gasteiger partial charge in [0.25, 0.3) is 10.0 Å². The zero-order chi connectivity index (χ0) is 21.6. The molecule has 1 unspecified atom stereocenters. The van der Waals surface area contributed by atoms with Crippen molar-refractivity contribution in [3.8, 4) is 0 Å². The molecule has 0 amide bonds. The van der Waals surface area contributed by atoms with Crippen LogP contribution in [0.5, 0.6) is 0 Å². The summed E-state index contributed by atoms with van der Waals surface area (Å²) < 4.78 is 28.9. The second-order valence-electron chi connectivity index (χ2n) is 8.09. The summed E-state index contributed by atoms with van der Waals surface area (Å²) in [5.41, 5.74) is 1.36. The van der Waals surface area contributed by atoms with Gasteiger partial charge in [0, 0.05) is 39.5 Å². The minimum absolute atomic E-state index is 0.0644. The van der Waals surface area contributed by atoms with E-state index in [-0.39, 0.29) is 10.9 Å². The van der Waals surface area contributed by atoms with Crippen LogP contribution in [0.3, 0.4) is 0 Å². The molecular formula is C22H23BrN4O2S2. The average molecular weight is 519 g/mol. The van der Waals surface area contributed by atoms with Crippen molar-refractivity contribution in [3.63, 3.8) is 0 Å². The topological polar surface area (TPSA) is 67.6 Å². The van der Waals surface area contributed by atoms with Crippen LogP contribution in [-0.4, -0.2) is 53.2 Å². The lowest BCUT2D eigenvalue weighted by Gasteiger charge is -2.28. The Morgan fingerprint density at radius 2 is 1.90 bits per heavy atom. The molecule has 2 aromatic heterocycles. The molecule has 1 fully saturated rings. The van der Waals surface area contributed by atoms with E-state index >= 15 is 0 Å². The maximum Gasteiger partial charge on any atom is 0.269 e. The maximum absolute atomic E-state index is 13.4. The number of likely N-dealkylation sites (tertiary alicyclic amines) is 1. The second kappa shape index (κ2) is 8.35. The van der Waals surface area contributed by atoms with Crippen LogP contribution >= 0.6 is 27.7 Å². The van der Waals surface area contributed by atoms with Gasteiger partial charge in [0.2, 0.25) is 0 Å². The Bertz CT molecular complexity index is 1250. The number of piperidine rings is 1. The smallest absolute Gasteiger partial charge is 0.269 e. The summed E-state index contributed by atoms with van der Waals surface area (Å²) in [4.78, 5) is 12.1. The van der Waals surface area contributed by atoms with E-state index in [0.29, 0.717) is 11.6 Å². The molecule has 4 heterocycles. The van der Waals surface area contributed by atoms with Crippen LogP contribution in [0.4, 0.5) is 0 Å². The van der Waals surface area contributed by atoms with Gasteiger partial charge >= 0.3 is 0 Å². The highest BCUT2D eigenvalue weighted by Gasteiger charge is 2.31. The zero-order valence-electron chi connectivity index (χ0n) is 17.1. The van der Waals surface area contributed by atoms with E-state index in [1.54, 1.807) is 36.7 Å². The van der Waals surface area contributed by atoms with E-state index in [2.05, 4.69) is 32.9 Å². The normalized spacial score (nSPS) is 21.0. The van der Waals surface area contributed by atoms with Crippen LogP contribution in [-0.2, 0) is 10.0 Å². The lowest BCUT2D eigenvalue weighted by molar-refractivity contribution is 0.253. The first-order valence-corrected chi connectivity index (χ1v) is 13.5. The number of hydrogen-bond donors (Lipinski definition) is 0. The Labute approximate surface area is 194 Å². The van der Waals surface area contributed by atoms with Gasteiger partial charge in [-0.15, -0.1) is 11.8 Å². The molecule has 5 rings (SSSR count). The van der Waals surface area contributed by atoms with Crippen molar-refractivity contribution in [2.24, 2.45) is 10.9 Å². The van der Waals surface area contributed by atoms with Crippen molar-refractivity contribution in [1.82, 2.24) is 13.9 Å². The van der Waals surface area contributed by atoms with Crippen molar-refractivity contribution in [3.05, 3.63) is 58.8 Å². The third-order valence-electron chi connectivity index (χ3n) is 6.01. The van der Waals surface area contributed by atoms with E-state index in [9.17, 15) is 8.42 Å². The van der Waals surface area contributed by atoms with Gasteiger partial charge in [0.1, 0.15) is 0 Å². The molecule has 162 valence electrons. The van der Waals surface area contributed by atoms with Gasteiger partial charge in [0.15, 0.2) is 5.65 Å². The number of thioether (sulfide) groups is 1. The monoisotopic (exact) mass is 518 g/mol. The molecule has 0 aliphatic carbocycles. The molecule has 9 heteroatoms. The van der Waals surface area contributed by atoms with Crippen molar-refractivity contribution in [2.75, 3.05) is 25.9 Å². The van der Waals surface area contributed by atoms with Crippen LogP contribution < -0.4 is 0 Å². The van der Waals surface area contributed by atoms with Gasteiger partial charge in [-0.2, -0.15) is 0 Å². The molecule has 31 heavy (non-hydrogen) atoms. The highest BCUT2D eigenvalue weighted by molar-refractivity contribution is 9.10. The molecule has 2 aliphatic heterocycles. The highest BCUT2D eigenvalue weighted by Crippen LogP contribution is 2.40. The van der Waals surface area contributed by atoms with E-state index in [1.807, 2.05) is 23.9 Å². The quantitative estimate of drug-likeness (QED) is 0.506. The lowest BCUT2D eigenvalue weighted by Crippen LogP contribution is -2.32. The summed E-state index contributed by atoms with van der Waals surface area (Å²) in [5.74, 6) is 1.34. The van der Waals surface area contributed by atoms with Gasteiger partial charge in [-0.3, -0.25) is 4.99 Å². The predicted molar refractivity (Wildman–Crippen MR) is 129 cm³/mol. The number of halogens is 1. The maximum atomic E-state index is 13.4. The average Bonchev–Trinajstić information content (AvgIpc) is 3.40. The zero-order valence-corrected chi connectivity index (χ0v) is 20.3. The first-order valence-electron chi connectivity index (χ1n) is 10.3. The molecular weight excluding hydrogens is 496 g/mol. The van der Waals surface area contributed by atoms with Crippen molar-refractivity contribution in [2.45, 2.75) is 23.8 Å². The Balaban J connectivity index is 1.57. The summed E-state index contributed by atoms with van der Waals surface area (Å²) in [6.45, 7) is 2.20. The number of pyridine rings is 1. The van der Waals surface area contributed by atoms with E-state index < -0.39 is 10.0 Å². The van der Waals surface area contributed by atoms with E-state index in [4.69, 9.17) is 4.99 Å². The molecule has 1 atom stereocenters. The lowest BCUT2D eigenvalue weighted by atomic mass is 9.98. The molecule has 6 nitrogen and oxygen atoms in total. The minimum atomic E-state index is -3.75. The Kier molecular flexibility index (Phi) is 5.70. The third kappa shape index (κ3) is 3.97. The Morgan fingerprint density at radius 3 is 2.65 bits per heavy atom. The molecule has 1 saturated heterocycles. The SMILES string of the molecule is CN1CCC(C2=NC(c3cn(S(=O)(=O)c4ccccc4)c4ncc(Br)cc34)CS2)CC1. The molecule has 1 aromatic carbocycles. The van der Waals surface area contributed by atoms with Crippen molar-refractivity contribution in [1.29, 1.82) is 0 Å². The summed E-state index contributed by atoms with van der Waals surface area (Å²) >= 11 is 5.31. The molecule has 0 saturated carbocycles. The number of aromatic nitrogens is 2. The number of fused-ring (bicyclic) bond motifs is 1. The van der Waals surface area contributed by atoms with Crippen LogP contribution in [0.2, 0.25) is 0 Å². The van der Waals surface area contributed by atoms with E-state index in [1.165, 1.54) is 9.02 Å². The highest BCUT2D eigenvalue weighted by atomic mass is 79.9. The number of benzene rings is 1. The van der Waals surface area contributed by atoms with Crippen LogP contribution in [0.1, 0.15) is 24.4 Å². The predicted octanol–water partition coefficient (Wildman–Crippen LogP) is 4.56. The number of hydrogen-bond acceptors (Lipinski definition) is 6. The van der Waals surface area contributed by atoms with Gasteiger partial charge in [-0.1, -0.05) is 18.2 Å². The molecule has 0 bridgehead atoms. The fraction of sp³-hybridized carbons (Fsp3) is 0.364. The standard InChI is InChI=1S/C22H23BrN4O2S2/c1-26-9-7-15(8-10-26)22-25-20(14-30-22)19-13-27(21-18(19)11-16(23)12-24-21)31(28,29)17-5-3-2-4-6-17/h2-6,11-13,15,20H,7-10,14H2,1H3.